The van der Waals surface area contributed by atoms with Gasteiger partial charge in [-0.15, -0.1) is 11.3 Å². The molecule has 0 bridgehead atoms. The molecule has 1 saturated heterocycles. The molecule has 4 rings (SSSR count). The number of hydrogen-bond donors (Lipinski definition) is 1. The van der Waals surface area contributed by atoms with Gasteiger partial charge in [-0.3, -0.25) is 15.0 Å². The van der Waals surface area contributed by atoms with Crippen LogP contribution in [0.3, 0.4) is 0 Å². The van der Waals surface area contributed by atoms with E-state index in [1.807, 2.05) is 6.92 Å². The molecule has 0 saturated carbocycles. The number of thiazole rings is 1. The fraction of sp³-hybridized carbons (Fsp3) is 0.565. The summed E-state index contributed by atoms with van der Waals surface area (Å²) in [5.74, 6) is -0.269. The van der Waals surface area contributed by atoms with Crippen molar-refractivity contribution < 1.29 is 13.2 Å². The molecule has 2 aliphatic rings. The van der Waals surface area contributed by atoms with E-state index >= 15 is 0 Å². The molecule has 1 aromatic carbocycles. The van der Waals surface area contributed by atoms with Crippen LogP contribution in [-0.4, -0.2) is 54.2 Å². The predicted octanol–water partition coefficient (Wildman–Crippen LogP) is 4.12. The second-order valence-corrected chi connectivity index (χ2v) is 11.5. The molecule has 32 heavy (non-hydrogen) atoms. The van der Waals surface area contributed by atoms with Crippen molar-refractivity contribution in [2.24, 2.45) is 0 Å². The van der Waals surface area contributed by atoms with Crippen molar-refractivity contribution in [3.8, 4) is 0 Å². The number of carbonyl (C=O) groups is 1. The number of sulfonamides is 1. The lowest BCUT2D eigenvalue weighted by Gasteiger charge is -2.34. The van der Waals surface area contributed by atoms with Gasteiger partial charge in [-0.05, 0) is 56.5 Å². The van der Waals surface area contributed by atoms with Gasteiger partial charge in [0.25, 0.3) is 5.91 Å². The molecule has 0 spiro atoms. The van der Waals surface area contributed by atoms with Gasteiger partial charge in [-0.25, -0.2) is 13.4 Å². The lowest BCUT2D eigenvalue weighted by atomic mass is 10.0. The Labute approximate surface area is 194 Å². The van der Waals surface area contributed by atoms with E-state index in [0.29, 0.717) is 17.2 Å². The van der Waals surface area contributed by atoms with Crippen LogP contribution < -0.4 is 5.32 Å². The fourth-order valence-electron chi connectivity index (χ4n) is 4.59. The summed E-state index contributed by atoms with van der Waals surface area (Å²) >= 11 is 1.53. The average Bonchev–Trinajstić information content (AvgIpc) is 3.20. The number of piperidine rings is 1. The van der Waals surface area contributed by atoms with Crippen LogP contribution in [0.1, 0.15) is 66.9 Å². The van der Waals surface area contributed by atoms with Gasteiger partial charge in [0.05, 0.1) is 10.6 Å². The van der Waals surface area contributed by atoms with Crippen LogP contribution in [-0.2, 0) is 23.0 Å². The number of rotatable bonds is 7. The summed E-state index contributed by atoms with van der Waals surface area (Å²) < 4.78 is 27.9. The zero-order valence-electron chi connectivity index (χ0n) is 18.8. The maximum atomic E-state index is 13.1. The summed E-state index contributed by atoms with van der Waals surface area (Å²) in [4.78, 5) is 21.2. The van der Waals surface area contributed by atoms with E-state index in [9.17, 15) is 13.2 Å². The van der Waals surface area contributed by atoms with Gasteiger partial charge in [0.2, 0.25) is 10.0 Å². The van der Waals surface area contributed by atoms with Crippen LogP contribution >= 0.6 is 11.3 Å². The van der Waals surface area contributed by atoms with Gasteiger partial charge in [0, 0.05) is 42.5 Å². The van der Waals surface area contributed by atoms with Crippen molar-refractivity contribution >= 4 is 32.4 Å². The normalized spacial score (nSPS) is 20.1. The summed E-state index contributed by atoms with van der Waals surface area (Å²) in [6.45, 7) is 7.74. The molecule has 1 unspecified atom stereocenters. The van der Waals surface area contributed by atoms with Gasteiger partial charge in [0.1, 0.15) is 0 Å². The quantitative estimate of drug-likeness (QED) is 0.650. The van der Waals surface area contributed by atoms with E-state index in [4.69, 9.17) is 0 Å². The minimum atomic E-state index is -3.55. The first-order chi connectivity index (χ1) is 15.4. The number of anilines is 1. The first kappa shape index (κ1) is 23.4. The Morgan fingerprint density at radius 2 is 1.97 bits per heavy atom. The van der Waals surface area contributed by atoms with Crippen molar-refractivity contribution in [3.63, 3.8) is 0 Å². The van der Waals surface area contributed by atoms with E-state index in [-0.39, 0.29) is 16.8 Å². The van der Waals surface area contributed by atoms with Crippen LogP contribution in [0.2, 0.25) is 0 Å². The van der Waals surface area contributed by atoms with E-state index < -0.39 is 10.0 Å². The molecule has 7 nitrogen and oxygen atoms in total. The topological polar surface area (TPSA) is 82.6 Å². The number of nitrogens with zero attached hydrogens (tertiary/aromatic N) is 3. The first-order valence-electron chi connectivity index (χ1n) is 11.6. The lowest BCUT2D eigenvalue weighted by Crippen LogP contribution is -2.43. The van der Waals surface area contributed by atoms with Crippen molar-refractivity contribution in [2.75, 3.05) is 25.0 Å². The number of fused-ring (bicyclic) bond motifs is 1. The fourth-order valence-corrected chi connectivity index (χ4v) is 7.40. The van der Waals surface area contributed by atoms with Crippen LogP contribution in [0, 0.1) is 0 Å². The minimum absolute atomic E-state index is 0.0564. The summed E-state index contributed by atoms with van der Waals surface area (Å²) in [6.07, 6.45) is 5.71. The first-order valence-corrected chi connectivity index (χ1v) is 13.8. The summed E-state index contributed by atoms with van der Waals surface area (Å²) in [7, 11) is -3.55. The Kier molecular flexibility index (Phi) is 7.29. The Morgan fingerprint density at radius 3 is 2.69 bits per heavy atom. The minimum Gasteiger partial charge on any atom is -0.298 e. The Morgan fingerprint density at radius 1 is 1.19 bits per heavy atom. The van der Waals surface area contributed by atoms with Crippen molar-refractivity contribution in [2.45, 2.75) is 69.9 Å². The average molecular weight is 477 g/mol. The maximum Gasteiger partial charge on any atom is 0.257 e. The predicted molar refractivity (Wildman–Crippen MR) is 128 cm³/mol. The maximum absolute atomic E-state index is 13.1. The molecule has 1 atom stereocenters. The number of hydrogen-bond acceptors (Lipinski definition) is 6. The summed E-state index contributed by atoms with van der Waals surface area (Å²) in [5, 5.41) is 3.50. The zero-order valence-corrected chi connectivity index (χ0v) is 20.5. The van der Waals surface area contributed by atoms with Crippen LogP contribution in [0.15, 0.2) is 29.2 Å². The second kappa shape index (κ2) is 9.99. The highest BCUT2D eigenvalue weighted by molar-refractivity contribution is 7.89. The number of amides is 1. The smallest absolute Gasteiger partial charge is 0.257 e. The molecule has 1 amide bonds. The van der Waals surface area contributed by atoms with Crippen LogP contribution in [0.25, 0.3) is 0 Å². The number of aromatic nitrogens is 1. The molecular formula is C23H32N4O3S2. The van der Waals surface area contributed by atoms with Gasteiger partial charge in [-0.2, -0.15) is 4.31 Å². The van der Waals surface area contributed by atoms with Crippen molar-refractivity contribution in [3.05, 3.63) is 40.4 Å². The van der Waals surface area contributed by atoms with E-state index in [1.165, 1.54) is 16.2 Å². The Balaban J connectivity index is 1.44. The van der Waals surface area contributed by atoms with Crippen LogP contribution in [0.5, 0.6) is 0 Å². The number of carbonyl (C=O) groups excluding carboxylic acids is 1. The monoisotopic (exact) mass is 476 g/mol. The molecule has 1 aromatic heterocycles. The third kappa shape index (κ3) is 4.90. The third-order valence-corrected chi connectivity index (χ3v) is 9.30. The van der Waals surface area contributed by atoms with Crippen molar-refractivity contribution in [1.29, 1.82) is 0 Å². The molecule has 2 aromatic rings. The van der Waals surface area contributed by atoms with Gasteiger partial charge in [0.15, 0.2) is 5.13 Å². The molecule has 174 valence electrons. The third-order valence-electron chi connectivity index (χ3n) is 6.34. The highest BCUT2D eigenvalue weighted by Crippen LogP contribution is 2.29. The summed E-state index contributed by atoms with van der Waals surface area (Å²) in [6, 6.07) is 6.32. The number of nitrogens with one attached hydrogen (secondary N) is 1. The van der Waals surface area contributed by atoms with E-state index in [1.54, 1.807) is 28.6 Å². The molecule has 0 radical (unpaired) electrons. The highest BCUT2D eigenvalue weighted by Gasteiger charge is 2.32. The largest absolute Gasteiger partial charge is 0.298 e. The molecular weight excluding hydrogens is 444 g/mol. The van der Waals surface area contributed by atoms with Crippen LogP contribution in [0.4, 0.5) is 5.13 Å². The van der Waals surface area contributed by atoms with Gasteiger partial charge >= 0.3 is 0 Å². The van der Waals surface area contributed by atoms with Gasteiger partial charge in [-0.1, -0.05) is 20.3 Å². The summed E-state index contributed by atoms with van der Waals surface area (Å²) in [5.41, 5.74) is 1.50. The molecule has 9 heteroatoms. The molecule has 3 heterocycles. The second-order valence-electron chi connectivity index (χ2n) is 8.57. The lowest BCUT2D eigenvalue weighted by molar-refractivity contribution is 0.102. The van der Waals surface area contributed by atoms with E-state index in [2.05, 4.69) is 22.1 Å². The van der Waals surface area contributed by atoms with Gasteiger partial charge < -0.3 is 0 Å². The molecule has 2 aliphatic heterocycles. The zero-order chi connectivity index (χ0) is 22.7. The van der Waals surface area contributed by atoms with E-state index in [0.717, 1.165) is 63.9 Å². The van der Waals surface area contributed by atoms with Crippen molar-refractivity contribution in [1.82, 2.24) is 14.2 Å². The molecule has 1 N–H and O–H groups in total. The Bertz CT molecular complexity index is 1050. The Hall–Kier alpha value is -1.81. The SMILES string of the molecule is CCCN1CCc2nc(NC(=O)c3ccc(S(=O)(=O)N4CCCCC4CC)cc3)sc2C1. The molecule has 1 fully saturated rings. The number of benzene rings is 1. The standard InChI is InChI=1S/C23H32N4O3S2/c1-3-13-26-15-12-20-21(16-26)31-23(24-20)25-22(28)17-8-10-19(11-9-17)32(29,30)27-14-6-5-7-18(27)4-2/h8-11,18H,3-7,12-16H2,1-2H3,(H,24,25,28). The molecule has 0 aliphatic carbocycles. The highest BCUT2D eigenvalue weighted by atomic mass is 32.2.